The zero-order chi connectivity index (χ0) is 13.2. The van der Waals surface area contributed by atoms with E-state index in [2.05, 4.69) is 33.9 Å². The Bertz CT molecular complexity index is 569. The highest BCUT2D eigenvalue weighted by molar-refractivity contribution is 5.35. The molecule has 1 aliphatic carbocycles. The van der Waals surface area contributed by atoms with Crippen molar-refractivity contribution in [3.8, 4) is 0 Å². The van der Waals surface area contributed by atoms with E-state index in [9.17, 15) is 0 Å². The van der Waals surface area contributed by atoms with E-state index in [1.807, 2.05) is 13.3 Å². The number of hydrogen-bond donors (Lipinski definition) is 1. The lowest BCUT2D eigenvalue weighted by atomic mass is 10.1. The third-order valence-electron chi connectivity index (χ3n) is 3.75. The summed E-state index contributed by atoms with van der Waals surface area (Å²) in [6.07, 6.45) is 8.66. The smallest absolute Gasteiger partial charge is 0.0952 e. The fraction of sp³-hybridized carbons (Fsp3) is 0.438. The highest BCUT2D eigenvalue weighted by atomic mass is 15.0. The molecule has 100 valence electrons. The third-order valence-corrected chi connectivity index (χ3v) is 3.75. The van der Waals surface area contributed by atoms with Crippen LogP contribution in [0.2, 0.25) is 0 Å². The molecular weight excluding hydrogens is 234 g/mol. The van der Waals surface area contributed by atoms with Gasteiger partial charge in [-0.05, 0) is 42.9 Å². The van der Waals surface area contributed by atoms with Crippen molar-refractivity contribution < 1.29 is 0 Å². The molecule has 1 aliphatic rings. The van der Waals surface area contributed by atoms with E-state index >= 15 is 0 Å². The Labute approximate surface area is 114 Å². The van der Waals surface area contributed by atoms with Gasteiger partial charge in [0, 0.05) is 25.2 Å². The zero-order valence-corrected chi connectivity index (χ0v) is 11.5. The van der Waals surface area contributed by atoms with Gasteiger partial charge in [-0.25, -0.2) is 4.98 Å². The SMILES string of the molecule is CC(N)Cc1cn(Cc2ccc3c(c2)CCC3)cn1. The van der Waals surface area contributed by atoms with Crippen molar-refractivity contribution in [2.45, 2.75) is 45.2 Å². The summed E-state index contributed by atoms with van der Waals surface area (Å²) in [7, 11) is 0. The standard InChI is InChI=1S/C16H21N3/c1-12(17)7-16-10-19(11-18-16)9-13-5-6-14-3-2-4-15(14)8-13/h5-6,8,10-12H,2-4,7,9,17H2,1H3. The molecule has 19 heavy (non-hydrogen) atoms. The van der Waals surface area contributed by atoms with Crippen LogP contribution in [0.25, 0.3) is 0 Å². The number of nitrogens with zero attached hydrogens (tertiary/aromatic N) is 2. The van der Waals surface area contributed by atoms with Gasteiger partial charge >= 0.3 is 0 Å². The van der Waals surface area contributed by atoms with Gasteiger partial charge in [-0.1, -0.05) is 18.2 Å². The molecule has 1 atom stereocenters. The van der Waals surface area contributed by atoms with E-state index in [0.29, 0.717) is 0 Å². The van der Waals surface area contributed by atoms with Crippen LogP contribution in [0.15, 0.2) is 30.7 Å². The average molecular weight is 255 g/mol. The molecule has 1 aromatic carbocycles. The van der Waals surface area contributed by atoms with Gasteiger partial charge in [0.2, 0.25) is 0 Å². The van der Waals surface area contributed by atoms with Gasteiger partial charge in [-0.2, -0.15) is 0 Å². The molecule has 3 nitrogen and oxygen atoms in total. The quantitative estimate of drug-likeness (QED) is 0.911. The summed E-state index contributed by atoms with van der Waals surface area (Å²) in [5.41, 5.74) is 11.3. The number of rotatable bonds is 4. The Morgan fingerprint density at radius 2 is 2.16 bits per heavy atom. The van der Waals surface area contributed by atoms with Gasteiger partial charge in [0.25, 0.3) is 0 Å². The molecule has 0 saturated heterocycles. The van der Waals surface area contributed by atoms with E-state index in [1.165, 1.54) is 36.0 Å². The molecule has 0 amide bonds. The van der Waals surface area contributed by atoms with E-state index in [0.717, 1.165) is 18.7 Å². The average Bonchev–Trinajstić information content (AvgIpc) is 2.97. The Kier molecular flexibility index (Phi) is 3.38. The first-order valence-corrected chi connectivity index (χ1v) is 7.07. The molecule has 2 N–H and O–H groups in total. The van der Waals surface area contributed by atoms with Crippen LogP contribution in [0.1, 0.15) is 35.7 Å². The number of imidazole rings is 1. The highest BCUT2D eigenvalue weighted by Crippen LogP contribution is 2.23. The first-order valence-electron chi connectivity index (χ1n) is 7.07. The number of benzene rings is 1. The van der Waals surface area contributed by atoms with Gasteiger partial charge in [0.05, 0.1) is 12.0 Å². The Hall–Kier alpha value is -1.61. The lowest BCUT2D eigenvalue weighted by molar-refractivity contribution is 0.723. The van der Waals surface area contributed by atoms with E-state index in [1.54, 1.807) is 0 Å². The summed E-state index contributed by atoms with van der Waals surface area (Å²) in [6.45, 7) is 2.92. The molecule has 0 fully saturated rings. The van der Waals surface area contributed by atoms with Gasteiger partial charge < -0.3 is 10.3 Å². The number of nitrogens with two attached hydrogens (primary N) is 1. The van der Waals surface area contributed by atoms with Crippen molar-refractivity contribution in [2.75, 3.05) is 0 Å². The van der Waals surface area contributed by atoms with Crippen molar-refractivity contribution in [3.63, 3.8) is 0 Å². The molecule has 0 spiro atoms. The maximum Gasteiger partial charge on any atom is 0.0952 e. The predicted octanol–water partition coefficient (Wildman–Crippen LogP) is 2.31. The molecule has 1 heterocycles. The summed E-state index contributed by atoms with van der Waals surface area (Å²) >= 11 is 0. The zero-order valence-electron chi connectivity index (χ0n) is 11.5. The Balaban J connectivity index is 1.72. The molecular formula is C16H21N3. The molecule has 0 saturated carbocycles. The van der Waals surface area contributed by atoms with Crippen LogP contribution in [-0.2, 0) is 25.8 Å². The van der Waals surface area contributed by atoms with Crippen LogP contribution < -0.4 is 5.73 Å². The van der Waals surface area contributed by atoms with Gasteiger partial charge in [0.1, 0.15) is 0 Å². The lowest BCUT2D eigenvalue weighted by Crippen LogP contribution is -2.17. The second-order valence-electron chi connectivity index (χ2n) is 5.68. The van der Waals surface area contributed by atoms with Crippen molar-refractivity contribution >= 4 is 0 Å². The number of aromatic nitrogens is 2. The van der Waals surface area contributed by atoms with Crippen LogP contribution in [0.5, 0.6) is 0 Å². The molecule has 3 rings (SSSR count). The van der Waals surface area contributed by atoms with Crippen LogP contribution >= 0.6 is 0 Å². The molecule has 1 unspecified atom stereocenters. The first-order chi connectivity index (χ1) is 9.20. The van der Waals surface area contributed by atoms with Crippen LogP contribution in [0.3, 0.4) is 0 Å². The van der Waals surface area contributed by atoms with Gasteiger partial charge in [0.15, 0.2) is 0 Å². The fourth-order valence-corrected chi connectivity index (χ4v) is 2.86. The van der Waals surface area contributed by atoms with Crippen molar-refractivity contribution in [1.82, 2.24) is 9.55 Å². The van der Waals surface area contributed by atoms with Crippen LogP contribution in [-0.4, -0.2) is 15.6 Å². The molecule has 0 aliphatic heterocycles. The lowest BCUT2D eigenvalue weighted by Gasteiger charge is -2.06. The molecule has 3 heteroatoms. The summed E-state index contributed by atoms with van der Waals surface area (Å²) in [6, 6.07) is 7.06. The summed E-state index contributed by atoms with van der Waals surface area (Å²) in [4.78, 5) is 4.41. The predicted molar refractivity (Wildman–Crippen MR) is 77.1 cm³/mol. The van der Waals surface area contributed by atoms with E-state index in [4.69, 9.17) is 5.73 Å². The van der Waals surface area contributed by atoms with Crippen molar-refractivity contribution in [3.05, 3.63) is 53.1 Å². The maximum absolute atomic E-state index is 5.80. The normalized spacial score (nSPS) is 15.5. The van der Waals surface area contributed by atoms with Gasteiger partial charge in [-0.3, -0.25) is 0 Å². The molecule has 2 aromatic rings. The highest BCUT2D eigenvalue weighted by Gasteiger charge is 2.11. The van der Waals surface area contributed by atoms with Crippen LogP contribution in [0.4, 0.5) is 0 Å². The largest absolute Gasteiger partial charge is 0.333 e. The number of hydrogen-bond acceptors (Lipinski definition) is 2. The van der Waals surface area contributed by atoms with Crippen molar-refractivity contribution in [1.29, 1.82) is 0 Å². The topological polar surface area (TPSA) is 43.8 Å². The number of fused-ring (bicyclic) bond motifs is 1. The second-order valence-corrected chi connectivity index (χ2v) is 5.68. The van der Waals surface area contributed by atoms with E-state index < -0.39 is 0 Å². The summed E-state index contributed by atoms with van der Waals surface area (Å²) < 4.78 is 2.15. The first kappa shape index (κ1) is 12.4. The number of aryl methyl sites for hydroxylation is 2. The minimum absolute atomic E-state index is 0.170. The molecule has 1 aromatic heterocycles. The maximum atomic E-state index is 5.80. The van der Waals surface area contributed by atoms with Crippen LogP contribution in [0, 0.1) is 0 Å². The van der Waals surface area contributed by atoms with E-state index in [-0.39, 0.29) is 6.04 Å². The molecule has 0 radical (unpaired) electrons. The molecule has 0 bridgehead atoms. The Morgan fingerprint density at radius 3 is 3.00 bits per heavy atom. The Morgan fingerprint density at radius 1 is 1.32 bits per heavy atom. The fourth-order valence-electron chi connectivity index (χ4n) is 2.86. The summed E-state index contributed by atoms with van der Waals surface area (Å²) in [5, 5.41) is 0. The van der Waals surface area contributed by atoms with Gasteiger partial charge in [-0.15, -0.1) is 0 Å². The van der Waals surface area contributed by atoms with Crippen molar-refractivity contribution in [2.24, 2.45) is 5.73 Å². The monoisotopic (exact) mass is 255 g/mol. The third kappa shape index (κ3) is 2.87. The minimum atomic E-state index is 0.170. The second kappa shape index (κ2) is 5.17. The minimum Gasteiger partial charge on any atom is -0.333 e. The summed E-state index contributed by atoms with van der Waals surface area (Å²) in [5.74, 6) is 0.